The van der Waals surface area contributed by atoms with E-state index in [1.54, 1.807) is 0 Å². The van der Waals surface area contributed by atoms with E-state index in [1.165, 1.54) is 0 Å². The Balaban J connectivity index is 2.37. The molecule has 1 heterocycles. The molecular formula is C15H18ClN3O. The fraction of sp³-hybridized carbons (Fsp3) is 0.333. The Morgan fingerprint density at radius 3 is 2.65 bits per heavy atom. The van der Waals surface area contributed by atoms with Crippen molar-refractivity contribution in [3.05, 3.63) is 40.8 Å². The van der Waals surface area contributed by atoms with Crippen molar-refractivity contribution in [2.45, 2.75) is 27.2 Å². The average molecular weight is 292 g/mol. The third-order valence-corrected chi connectivity index (χ3v) is 3.26. The second-order valence-electron chi connectivity index (χ2n) is 4.31. The molecule has 0 saturated carbocycles. The molecule has 0 spiro atoms. The molecule has 0 saturated heterocycles. The van der Waals surface area contributed by atoms with Gasteiger partial charge in [-0.1, -0.05) is 30.7 Å². The van der Waals surface area contributed by atoms with Gasteiger partial charge in [0, 0.05) is 12.0 Å². The van der Waals surface area contributed by atoms with Crippen molar-refractivity contribution in [2.75, 3.05) is 11.9 Å². The highest BCUT2D eigenvalue weighted by molar-refractivity contribution is 6.30. The molecule has 0 aliphatic carbocycles. The van der Waals surface area contributed by atoms with Crippen molar-refractivity contribution in [1.29, 1.82) is 0 Å². The van der Waals surface area contributed by atoms with Crippen LogP contribution in [0.25, 0.3) is 0 Å². The lowest BCUT2D eigenvalue weighted by atomic mass is 10.2. The molecule has 0 aliphatic heterocycles. The number of rotatable bonds is 5. The monoisotopic (exact) mass is 291 g/mol. The van der Waals surface area contributed by atoms with Crippen LogP contribution in [0.5, 0.6) is 5.75 Å². The molecule has 2 aromatic rings. The van der Waals surface area contributed by atoms with E-state index in [0.29, 0.717) is 17.6 Å². The Morgan fingerprint density at radius 1 is 1.20 bits per heavy atom. The van der Waals surface area contributed by atoms with Crippen LogP contribution < -0.4 is 10.1 Å². The number of benzene rings is 1. The van der Waals surface area contributed by atoms with Gasteiger partial charge in [-0.15, -0.1) is 0 Å². The molecule has 1 aromatic heterocycles. The minimum atomic E-state index is 0.480. The Hall–Kier alpha value is -1.81. The maximum absolute atomic E-state index is 6.14. The highest BCUT2D eigenvalue weighted by atomic mass is 35.5. The lowest BCUT2D eigenvalue weighted by Crippen LogP contribution is -2.04. The van der Waals surface area contributed by atoms with E-state index in [1.807, 2.05) is 45.0 Å². The molecule has 0 aliphatic rings. The minimum Gasteiger partial charge on any atom is -0.492 e. The first-order chi connectivity index (χ1) is 9.65. The van der Waals surface area contributed by atoms with Crippen LogP contribution in [-0.2, 0) is 6.42 Å². The number of ether oxygens (including phenoxy) is 1. The summed E-state index contributed by atoms with van der Waals surface area (Å²) in [5.41, 5.74) is 1.70. The largest absolute Gasteiger partial charge is 0.492 e. The van der Waals surface area contributed by atoms with Gasteiger partial charge in [-0.3, -0.25) is 0 Å². The van der Waals surface area contributed by atoms with Crippen LogP contribution in [0.1, 0.15) is 25.2 Å². The van der Waals surface area contributed by atoms with Crippen LogP contribution >= 0.6 is 11.6 Å². The standard InChI is InChI=1S/C15H18ClN3O/c1-4-13-18-14(16)10(3)15(19-13)17-11-8-6-7-9-12(11)20-5-2/h6-9H,4-5H2,1-3H3,(H,17,18,19). The highest BCUT2D eigenvalue weighted by Crippen LogP contribution is 2.29. The molecule has 1 N–H and O–H groups in total. The molecule has 0 fully saturated rings. The Morgan fingerprint density at radius 2 is 1.95 bits per heavy atom. The summed E-state index contributed by atoms with van der Waals surface area (Å²) < 4.78 is 5.60. The number of halogens is 1. The van der Waals surface area contributed by atoms with E-state index in [-0.39, 0.29) is 0 Å². The Labute approximate surface area is 124 Å². The molecule has 20 heavy (non-hydrogen) atoms. The van der Waals surface area contributed by atoms with Gasteiger partial charge in [0.25, 0.3) is 0 Å². The lowest BCUT2D eigenvalue weighted by Gasteiger charge is -2.14. The zero-order valence-electron chi connectivity index (χ0n) is 11.9. The number of hydrogen-bond acceptors (Lipinski definition) is 4. The molecule has 106 valence electrons. The maximum Gasteiger partial charge on any atom is 0.142 e. The number of nitrogens with zero attached hydrogens (tertiary/aromatic N) is 2. The second-order valence-corrected chi connectivity index (χ2v) is 4.67. The SMILES string of the molecule is CCOc1ccccc1Nc1nc(CC)nc(Cl)c1C. The van der Waals surface area contributed by atoms with Gasteiger partial charge < -0.3 is 10.1 Å². The lowest BCUT2D eigenvalue weighted by molar-refractivity contribution is 0.342. The normalized spacial score (nSPS) is 10.4. The van der Waals surface area contributed by atoms with Crippen LogP contribution in [0.2, 0.25) is 5.15 Å². The number of aromatic nitrogens is 2. The van der Waals surface area contributed by atoms with Crippen LogP contribution in [0, 0.1) is 6.92 Å². The number of aryl methyl sites for hydroxylation is 1. The molecule has 1 aromatic carbocycles. The van der Waals surface area contributed by atoms with Crippen molar-refractivity contribution < 1.29 is 4.74 Å². The van der Waals surface area contributed by atoms with E-state index in [2.05, 4.69) is 15.3 Å². The van der Waals surface area contributed by atoms with Crippen molar-refractivity contribution in [3.8, 4) is 5.75 Å². The van der Waals surface area contributed by atoms with Gasteiger partial charge in [-0.25, -0.2) is 9.97 Å². The molecular weight excluding hydrogens is 274 g/mol. The molecule has 0 atom stereocenters. The Bertz CT molecular complexity index is 602. The van der Waals surface area contributed by atoms with Crippen LogP contribution in [0.3, 0.4) is 0 Å². The molecule has 0 radical (unpaired) electrons. The first kappa shape index (κ1) is 14.6. The number of para-hydroxylation sites is 2. The van der Waals surface area contributed by atoms with E-state index < -0.39 is 0 Å². The third kappa shape index (κ3) is 3.20. The number of hydrogen-bond donors (Lipinski definition) is 1. The molecule has 2 rings (SSSR count). The van der Waals surface area contributed by atoms with Crippen LogP contribution in [0.15, 0.2) is 24.3 Å². The summed E-state index contributed by atoms with van der Waals surface area (Å²) >= 11 is 6.14. The van der Waals surface area contributed by atoms with Crippen molar-refractivity contribution in [2.24, 2.45) is 0 Å². The maximum atomic E-state index is 6.14. The first-order valence-corrected chi connectivity index (χ1v) is 7.05. The summed E-state index contributed by atoms with van der Waals surface area (Å²) in [6.07, 6.45) is 0.738. The zero-order valence-corrected chi connectivity index (χ0v) is 12.7. The summed E-state index contributed by atoms with van der Waals surface area (Å²) in [6, 6.07) is 7.76. The van der Waals surface area contributed by atoms with Crippen molar-refractivity contribution in [3.63, 3.8) is 0 Å². The summed E-state index contributed by atoms with van der Waals surface area (Å²) in [5, 5.41) is 3.76. The van der Waals surface area contributed by atoms with Gasteiger partial charge in [0.1, 0.15) is 22.5 Å². The van der Waals surface area contributed by atoms with E-state index in [4.69, 9.17) is 16.3 Å². The van der Waals surface area contributed by atoms with Crippen LogP contribution in [-0.4, -0.2) is 16.6 Å². The first-order valence-electron chi connectivity index (χ1n) is 6.67. The fourth-order valence-corrected chi connectivity index (χ4v) is 1.98. The van der Waals surface area contributed by atoms with Gasteiger partial charge >= 0.3 is 0 Å². The van der Waals surface area contributed by atoms with Crippen molar-refractivity contribution in [1.82, 2.24) is 9.97 Å². The summed E-state index contributed by atoms with van der Waals surface area (Å²) in [4.78, 5) is 8.72. The number of anilines is 2. The van der Waals surface area contributed by atoms with Gasteiger partial charge in [-0.05, 0) is 26.0 Å². The summed E-state index contributed by atoms with van der Waals surface area (Å²) in [6.45, 7) is 6.47. The fourth-order valence-electron chi connectivity index (χ4n) is 1.79. The molecule has 0 bridgehead atoms. The topological polar surface area (TPSA) is 47.0 Å². The second kappa shape index (κ2) is 6.57. The minimum absolute atomic E-state index is 0.480. The molecule has 0 unspecified atom stereocenters. The summed E-state index contributed by atoms with van der Waals surface area (Å²) in [7, 11) is 0. The van der Waals surface area contributed by atoms with Gasteiger partial charge in [0.05, 0.1) is 12.3 Å². The average Bonchev–Trinajstić information content (AvgIpc) is 2.46. The smallest absolute Gasteiger partial charge is 0.142 e. The van der Waals surface area contributed by atoms with Gasteiger partial charge in [0.2, 0.25) is 0 Å². The van der Waals surface area contributed by atoms with E-state index in [0.717, 1.165) is 29.2 Å². The molecule has 4 nitrogen and oxygen atoms in total. The quantitative estimate of drug-likeness (QED) is 0.841. The van der Waals surface area contributed by atoms with Crippen molar-refractivity contribution >= 4 is 23.1 Å². The molecule has 5 heteroatoms. The van der Waals surface area contributed by atoms with E-state index >= 15 is 0 Å². The van der Waals surface area contributed by atoms with E-state index in [9.17, 15) is 0 Å². The third-order valence-electron chi connectivity index (χ3n) is 2.89. The Kier molecular flexibility index (Phi) is 4.79. The van der Waals surface area contributed by atoms with Crippen LogP contribution in [0.4, 0.5) is 11.5 Å². The predicted molar refractivity (Wildman–Crippen MR) is 82.1 cm³/mol. The summed E-state index contributed by atoms with van der Waals surface area (Å²) in [5.74, 6) is 2.23. The number of nitrogens with one attached hydrogen (secondary N) is 1. The van der Waals surface area contributed by atoms with Gasteiger partial charge in [-0.2, -0.15) is 0 Å². The zero-order chi connectivity index (χ0) is 14.5. The highest BCUT2D eigenvalue weighted by Gasteiger charge is 2.11. The molecule has 0 amide bonds. The van der Waals surface area contributed by atoms with Gasteiger partial charge in [0.15, 0.2) is 0 Å². The predicted octanol–water partition coefficient (Wildman–Crippen LogP) is 4.14.